The Bertz CT molecular complexity index is 1250. The van der Waals surface area contributed by atoms with Crippen molar-refractivity contribution in [1.29, 1.82) is 0 Å². The van der Waals surface area contributed by atoms with Crippen LogP contribution in [0.1, 0.15) is 43.6 Å². The summed E-state index contributed by atoms with van der Waals surface area (Å²) in [6.07, 6.45) is 1.48. The molecule has 37 heavy (non-hydrogen) atoms. The van der Waals surface area contributed by atoms with E-state index in [9.17, 15) is 24.3 Å². The van der Waals surface area contributed by atoms with Crippen LogP contribution in [0.3, 0.4) is 0 Å². The Kier molecular flexibility index (Phi) is 6.47. The summed E-state index contributed by atoms with van der Waals surface area (Å²) in [5, 5.41) is 15.8. The van der Waals surface area contributed by atoms with E-state index in [1.807, 2.05) is 18.2 Å². The summed E-state index contributed by atoms with van der Waals surface area (Å²) in [6, 6.07) is 5.53. The molecule has 4 N–H and O–H groups in total. The topological polar surface area (TPSA) is 141 Å². The van der Waals surface area contributed by atoms with E-state index < -0.39 is 36.3 Å². The second-order valence-electron chi connectivity index (χ2n) is 11.2. The largest absolute Gasteiger partial charge is 0.496 e. The zero-order valence-corrected chi connectivity index (χ0v) is 21.4. The molecule has 3 aliphatic rings. The number of H-pyrrole nitrogens is 1. The molecule has 3 heterocycles. The first-order chi connectivity index (χ1) is 17.6. The number of ether oxygens (including phenoxy) is 1. The lowest BCUT2D eigenvalue weighted by Crippen LogP contribution is -2.55. The second kappa shape index (κ2) is 9.48. The highest BCUT2D eigenvalue weighted by molar-refractivity contribution is 6.02. The number of rotatable bonds is 8. The number of likely N-dealkylation sites (tertiary alicyclic amines) is 1. The maximum atomic E-state index is 13.8. The fourth-order valence-electron chi connectivity index (χ4n) is 6.50. The molecule has 0 bridgehead atoms. The molecule has 1 aromatic carbocycles. The van der Waals surface area contributed by atoms with Gasteiger partial charge in [0.2, 0.25) is 11.8 Å². The lowest BCUT2D eigenvalue weighted by molar-refractivity contribution is -0.134. The summed E-state index contributed by atoms with van der Waals surface area (Å²) < 4.78 is 5.43. The Morgan fingerprint density at radius 2 is 2.08 bits per heavy atom. The monoisotopic (exact) mass is 510 g/mol. The van der Waals surface area contributed by atoms with Crippen LogP contribution in [0.25, 0.3) is 10.9 Å². The van der Waals surface area contributed by atoms with Crippen LogP contribution in [0.4, 0.5) is 0 Å². The van der Waals surface area contributed by atoms with Gasteiger partial charge in [0.05, 0.1) is 13.2 Å². The first kappa shape index (κ1) is 25.3. The number of methoxy groups -OCH3 is 1. The van der Waals surface area contributed by atoms with E-state index in [0.29, 0.717) is 31.0 Å². The number of nitrogens with one attached hydrogen (secondary N) is 3. The van der Waals surface area contributed by atoms with Crippen molar-refractivity contribution in [2.45, 2.75) is 45.2 Å². The third-order valence-electron chi connectivity index (χ3n) is 8.57. The van der Waals surface area contributed by atoms with Gasteiger partial charge in [-0.05, 0) is 54.7 Å². The predicted molar refractivity (Wildman–Crippen MR) is 135 cm³/mol. The molecule has 0 spiro atoms. The average molecular weight is 511 g/mol. The molecule has 10 nitrogen and oxygen atoms in total. The lowest BCUT2D eigenvalue weighted by Gasteiger charge is -2.48. The number of hydrogen-bond donors (Lipinski definition) is 4. The summed E-state index contributed by atoms with van der Waals surface area (Å²) in [5.41, 5.74) is 1.11. The third-order valence-corrected chi connectivity index (χ3v) is 8.57. The lowest BCUT2D eigenvalue weighted by atomic mass is 9.55. The Labute approximate surface area is 215 Å². The van der Waals surface area contributed by atoms with Gasteiger partial charge in [0, 0.05) is 29.9 Å². The minimum Gasteiger partial charge on any atom is -0.496 e. The average Bonchev–Trinajstić information content (AvgIpc) is 3.58. The van der Waals surface area contributed by atoms with Gasteiger partial charge in [-0.25, -0.2) is 0 Å². The molecule has 1 aromatic heterocycles. The molecule has 5 atom stereocenters. The van der Waals surface area contributed by atoms with Crippen molar-refractivity contribution in [3.05, 3.63) is 30.0 Å². The zero-order valence-electron chi connectivity index (χ0n) is 21.4. The van der Waals surface area contributed by atoms with Gasteiger partial charge < -0.3 is 30.4 Å². The third kappa shape index (κ3) is 4.37. The van der Waals surface area contributed by atoms with Crippen molar-refractivity contribution < 1.29 is 29.0 Å². The number of aliphatic hydroxyl groups is 1. The number of amides is 3. The van der Waals surface area contributed by atoms with Crippen LogP contribution in [0, 0.1) is 23.2 Å². The predicted octanol–water partition coefficient (Wildman–Crippen LogP) is 1.24. The van der Waals surface area contributed by atoms with Crippen LogP contribution in [0.5, 0.6) is 5.75 Å². The van der Waals surface area contributed by atoms with Crippen LogP contribution in [-0.4, -0.2) is 77.4 Å². The molecule has 1 saturated carbocycles. The Hall–Kier alpha value is -3.40. The molecule has 0 radical (unpaired) electrons. The molecule has 2 aliphatic heterocycles. The number of ketones is 1. The molecule has 10 heteroatoms. The quantitative estimate of drug-likeness (QED) is 0.421. The molecule has 0 unspecified atom stereocenters. The minimum absolute atomic E-state index is 0.00977. The van der Waals surface area contributed by atoms with Crippen LogP contribution in [0.2, 0.25) is 0 Å². The van der Waals surface area contributed by atoms with Crippen molar-refractivity contribution in [1.82, 2.24) is 20.5 Å². The van der Waals surface area contributed by atoms with E-state index in [0.717, 1.165) is 17.3 Å². The number of aliphatic hydroxyl groups excluding tert-OH is 1. The highest BCUT2D eigenvalue weighted by atomic mass is 16.5. The highest BCUT2D eigenvalue weighted by Gasteiger charge is 2.60. The van der Waals surface area contributed by atoms with E-state index in [1.54, 1.807) is 18.1 Å². The standard InChI is InChI=1S/C27H34N4O6/c1-27(2)11-16-17(27)12-31(26(36)20-10-15-18(29-20)5-4-6-22(15)37-3)23(16)25(35)30-19(21(33)13-32)9-14-7-8-28-24(14)34/h4-6,10,14,16-17,19,23,29,32H,7-9,11-13H2,1-3H3,(H,28,34)(H,30,35)/t14-,16-,17-,19-,23-/m0/s1. The summed E-state index contributed by atoms with van der Waals surface area (Å²) in [5.74, 6) is -1.05. The van der Waals surface area contributed by atoms with Crippen molar-refractivity contribution >= 4 is 34.4 Å². The highest BCUT2D eigenvalue weighted by Crippen LogP contribution is 2.57. The molecular weight excluding hydrogens is 476 g/mol. The van der Waals surface area contributed by atoms with Gasteiger partial charge in [0.25, 0.3) is 5.91 Å². The van der Waals surface area contributed by atoms with E-state index >= 15 is 0 Å². The Morgan fingerprint density at radius 3 is 2.73 bits per heavy atom. The van der Waals surface area contributed by atoms with Gasteiger partial charge in [0.1, 0.15) is 24.1 Å². The maximum absolute atomic E-state index is 13.8. The van der Waals surface area contributed by atoms with Gasteiger partial charge in [-0.2, -0.15) is 0 Å². The van der Waals surface area contributed by atoms with Gasteiger partial charge in [-0.3, -0.25) is 19.2 Å². The fraction of sp³-hybridized carbons (Fsp3) is 0.556. The number of Topliss-reactive ketones (excluding diaryl/α,β-unsaturated/α-hetero) is 1. The maximum Gasteiger partial charge on any atom is 0.271 e. The van der Waals surface area contributed by atoms with Gasteiger partial charge in [-0.1, -0.05) is 19.9 Å². The van der Waals surface area contributed by atoms with E-state index in [-0.39, 0.29) is 35.5 Å². The molecule has 1 aliphatic carbocycles. The van der Waals surface area contributed by atoms with Crippen LogP contribution in [-0.2, 0) is 14.4 Å². The first-order valence-electron chi connectivity index (χ1n) is 12.8. The number of aromatic nitrogens is 1. The van der Waals surface area contributed by atoms with Crippen molar-refractivity contribution in [3.8, 4) is 5.75 Å². The fourth-order valence-corrected chi connectivity index (χ4v) is 6.50. The number of aromatic amines is 1. The molecule has 2 aromatic rings. The second-order valence-corrected chi connectivity index (χ2v) is 11.2. The summed E-state index contributed by atoms with van der Waals surface area (Å²) in [6.45, 7) is 4.51. The first-order valence-corrected chi connectivity index (χ1v) is 12.8. The zero-order chi connectivity index (χ0) is 26.5. The number of carbonyl (C=O) groups is 4. The Balaban J connectivity index is 1.41. The Morgan fingerprint density at radius 1 is 1.30 bits per heavy atom. The minimum atomic E-state index is -0.993. The molecule has 3 fully saturated rings. The normalized spacial score (nSPS) is 26.8. The van der Waals surface area contributed by atoms with Crippen LogP contribution in [0.15, 0.2) is 24.3 Å². The van der Waals surface area contributed by atoms with E-state index in [2.05, 4.69) is 29.5 Å². The van der Waals surface area contributed by atoms with Crippen molar-refractivity contribution in [3.63, 3.8) is 0 Å². The number of nitrogens with zero attached hydrogens (tertiary/aromatic N) is 1. The van der Waals surface area contributed by atoms with Crippen LogP contribution < -0.4 is 15.4 Å². The smallest absolute Gasteiger partial charge is 0.271 e. The summed E-state index contributed by atoms with van der Waals surface area (Å²) in [4.78, 5) is 56.8. The van der Waals surface area contributed by atoms with E-state index in [1.165, 1.54) is 0 Å². The van der Waals surface area contributed by atoms with Crippen molar-refractivity contribution in [2.75, 3.05) is 26.8 Å². The number of hydrogen-bond acceptors (Lipinski definition) is 6. The van der Waals surface area contributed by atoms with Gasteiger partial charge >= 0.3 is 0 Å². The van der Waals surface area contributed by atoms with Gasteiger partial charge in [0.15, 0.2) is 5.78 Å². The molecule has 198 valence electrons. The molecule has 5 rings (SSSR count). The summed E-state index contributed by atoms with van der Waals surface area (Å²) >= 11 is 0. The van der Waals surface area contributed by atoms with Crippen molar-refractivity contribution in [2.24, 2.45) is 23.2 Å². The molecule has 2 saturated heterocycles. The number of benzene rings is 1. The number of carbonyl (C=O) groups excluding carboxylic acids is 4. The molecule has 3 amide bonds. The SMILES string of the molecule is COc1cccc2[nH]c(C(=O)N3C[C@H]4[C@H](CC4(C)C)[C@H]3C(=O)N[C@@H](C[C@@H]3CCNC3=O)C(=O)CO)cc12. The molecular formula is C27H34N4O6. The van der Waals surface area contributed by atoms with E-state index in [4.69, 9.17) is 4.74 Å². The van der Waals surface area contributed by atoms with Crippen LogP contribution >= 0.6 is 0 Å². The summed E-state index contributed by atoms with van der Waals surface area (Å²) in [7, 11) is 1.57. The number of fused-ring (bicyclic) bond motifs is 2. The van der Waals surface area contributed by atoms with Gasteiger partial charge in [-0.15, -0.1) is 0 Å².